The van der Waals surface area contributed by atoms with Crippen LogP contribution in [0.1, 0.15) is 16.1 Å². The standard InChI is InChI=1S/C14H11N3O3S/c1-8-10(5-11(14(19)20)13(18)16-8)12-4-9(6-21-12)17-3-2-15-7-17/h2-7H,1H3,(H,16,18)(H,19,20). The normalized spacial score (nSPS) is 10.7. The van der Waals surface area contributed by atoms with E-state index in [-0.39, 0.29) is 5.56 Å². The Labute approximate surface area is 123 Å². The van der Waals surface area contributed by atoms with Gasteiger partial charge in [0, 0.05) is 33.9 Å². The third-order valence-corrected chi connectivity index (χ3v) is 4.07. The average Bonchev–Trinajstić information content (AvgIpc) is 3.09. The van der Waals surface area contributed by atoms with Gasteiger partial charge in [-0.2, -0.15) is 0 Å². The Morgan fingerprint density at radius 1 is 1.43 bits per heavy atom. The Balaban J connectivity index is 2.11. The van der Waals surface area contributed by atoms with Crippen LogP contribution in [0.5, 0.6) is 0 Å². The highest BCUT2D eigenvalue weighted by Gasteiger charge is 2.14. The molecule has 0 aromatic carbocycles. The van der Waals surface area contributed by atoms with E-state index in [0.717, 1.165) is 10.6 Å². The third kappa shape index (κ3) is 2.38. The van der Waals surface area contributed by atoms with Crippen LogP contribution in [-0.2, 0) is 0 Å². The Hall–Kier alpha value is -2.67. The summed E-state index contributed by atoms with van der Waals surface area (Å²) >= 11 is 1.48. The van der Waals surface area contributed by atoms with Gasteiger partial charge in [-0.15, -0.1) is 11.3 Å². The second kappa shape index (κ2) is 5.02. The number of aromatic amines is 1. The van der Waals surface area contributed by atoms with Crippen molar-refractivity contribution in [1.29, 1.82) is 0 Å². The van der Waals surface area contributed by atoms with Crippen LogP contribution in [0.15, 0.2) is 41.0 Å². The number of nitrogens with zero attached hydrogens (tertiary/aromatic N) is 2. The molecule has 7 heteroatoms. The van der Waals surface area contributed by atoms with E-state index < -0.39 is 11.5 Å². The fourth-order valence-electron chi connectivity index (χ4n) is 2.05. The van der Waals surface area contributed by atoms with Gasteiger partial charge in [0.25, 0.3) is 5.56 Å². The van der Waals surface area contributed by atoms with Crippen molar-refractivity contribution in [1.82, 2.24) is 14.5 Å². The maximum absolute atomic E-state index is 11.6. The van der Waals surface area contributed by atoms with Gasteiger partial charge in [0.05, 0.1) is 12.0 Å². The van der Waals surface area contributed by atoms with Crippen molar-refractivity contribution in [2.75, 3.05) is 0 Å². The highest BCUT2D eigenvalue weighted by molar-refractivity contribution is 7.13. The molecule has 3 rings (SSSR count). The van der Waals surface area contributed by atoms with Crippen LogP contribution in [0.3, 0.4) is 0 Å². The molecule has 0 unspecified atom stereocenters. The summed E-state index contributed by atoms with van der Waals surface area (Å²) in [4.78, 5) is 30.1. The fraction of sp³-hybridized carbons (Fsp3) is 0.0714. The minimum Gasteiger partial charge on any atom is -0.477 e. The molecule has 3 aromatic rings. The predicted octanol–water partition coefficient (Wildman–Crippen LogP) is 2.30. The van der Waals surface area contributed by atoms with Crippen molar-refractivity contribution in [2.45, 2.75) is 6.92 Å². The molecule has 21 heavy (non-hydrogen) atoms. The molecule has 0 aliphatic rings. The number of pyridine rings is 1. The van der Waals surface area contributed by atoms with Crippen molar-refractivity contribution in [3.8, 4) is 16.1 Å². The number of aromatic carboxylic acids is 1. The average molecular weight is 301 g/mol. The van der Waals surface area contributed by atoms with Crippen molar-refractivity contribution in [3.05, 3.63) is 57.8 Å². The fourth-order valence-corrected chi connectivity index (χ4v) is 3.02. The second-order valence-corrected chi connectivity index (χ2v) is 5.41. The molecule has 0 saturated heterocycles. The molecule has 106 valence electrons. The molecular weight excluding hydrogens is 290 g/mol. The molecule has 0 atom stereocenters. The maximum atomic E-state index is 11.6. The molecule has 0 amide bonds. The summed E-state index contributed by atoms with van der Waals surface area (Å²) in [7, 11) is 0. The van der Waals surface area contributed by atoms with E-state index in [1.165, 1.54) is 17.4 Å². The third-order valence-electron chi connectivity index (χ3n) is 3.12. The topological polar surface area (TPSA) is 88.0 Å². The lowest BCUT2D eigenvalue weighted by Crippen LogP contribution is -2.18. The number of H-pyrrole nitrogens is 1. The van der Waals surface area contributed by atoms with Crippen LogP contribution in [0.4, 0.5) is 0 Å². The summed E-state index contributed by atoms with van der Waals surface area (Å²) in [6.07, 6.45) is 5.20. The van der Waals surface area contributed by atoms with Crippen LogP contribution in [0.2, 0.25) is 0 Å². The summed E-state index contributed by atoms with van der Waals surface area (Å²) in [5.74, 6) is -1.23. The number of carbonyl (C=O) groups is 1. The quantitative estimate of drug-likeness (QED) is 0.777. The van der Waals surface area contributed by atoms with E-state index in [1.54, 1.807) is 19.4 Å². The van der Waals surface area contributed by atoms with Gasteiger partial charge in [-0.25, -0.2) is 9.78 Å². The number of carboxylic acid groups (broad SMARTS) is 1. The number of hydrogen-bond donors (Lipinski definition) is 2. The first-order chi connectivity index (χ1) is 10.1. The monoisotopic (exact) mass is 301 g/mol. The number of hydrogen-bond acceptors (Lipinski definition) is 4. The SMILES string of the molecule is Cc1[nH]c(=O)c(C(=O)O)cc1-c1cc(-n2ccnc2)cs1. The Morgan fingerprint density at radius 2 is 2.24 bits per heavy atom. The number of imidazole rings is 1. The number of aromatic nitrogens is 3. The zero-order chi connectivity index (χ0) is 15.0. The molecule has 0 bridgehead atoms. The van der Waals surface area contributed by atoms with E-state index >= 15 is 0 Å². The van der Waals surface area contributed by atoms with Gasteiger partial charge in [-0.3, -0.25) is 4.79 Å². The van der Waals surface area contributed by atoms with Gasteiger partial charge in [0.1, 0.15) is 5.56 Å². The molecule has 0 aliphatic carbocycles. The predicted molar refractivity (Wildman–Crippen MR) is 79.2 cm³/mol. The molecular formula is C14H11N3O3S. The highest BCUT2D eigenvalue weighted by atomic mass is 32.1. The molecule has 0 spiro atoms. The summed E-state index contributed by atoms with van der Waals surface area (Å²) in [5.41, 5.74) is 1.45. The number of thiophene rings is 1. The van der Waals surface area contributed by atoms with Crippen LogP contribution in [0, 0.1) is 6.92 Å². The van der Waals surface area contributed by atoms with Gasteiger partial charge in [0.2, 0.25) is 0 Å². The molecule has 3 aromatic heterocycles. The Kier molecular flexibility index (Phi) is 3.19. The van der Waals surface area contributed by atoms with Crippen LogP contribution in [0.25, 0.3) is 16.1 Å². The molecule has 3 heterocycles. The van der Waals surface area contributed by atoms with E-state index in [0.29, 0.717) is 11.3 Å². The van der Waals surface area contributed by atoms with Crippen molar-refractivity contribution in [3.63, 3.8) is 0 Å². The summed E-state index contributed by atoms with van der Waals surface area (Å²) in [6.45, 7) is 1.75. The maximum Gasteiger partial charge on any atom is 0.341 e. The zero-order valence-corrected chi connectivity index (χ0v) is 11.8. The molecule has 0 aliphatic heterocycles. The summed E-state index contributed by atoms with van der Waals surface area (Å²) in [6, 6.07) is 3.35. The van der Waals surface area contributed by atoms with Gasteiger partial charge in [-0.05, 0) is 19.1 Å². The summed E-state index contributed by atoms with van der Waals surface area (Å²) < 4.78 is 1.86. The Bertz CT molecular complexity index is 862. The first-order valence-corrected chi connectivity index (χ1v) is 6.98. The van der Waals surface area contributed by atoms with E-state index in [1.807, 2.05) is 22.2 Å². The molecule has 2 N–H and O–H groups in total. The van der Waals surface area contributed by atoms with Crippen molar-refractivity contribution < 1.29 is 9.90 Å². The number of aryl methyl sites for hydroxylation is 1. The van der Waals surface area contributed by atoms with Crippen LogP contribution in [-0.4, -0.2) is 25.6 Å². The molecule has 6 nitrogen and oxygen atoms in total. The minimum absolute atomic E-state index is 0.256. The second-order valence-electron chi connectivity index (χ2n) is 4.50. The largest absolute Gasteiger partial charge is 0.477 e. The highest BCUT2D eigenvalue weighted by Crippen LogP contribution is 2.30. The summed E-state index contributed by atoms with van der Waals surface area (Å²) in [5, 5.41) is 11.0. The lowest BCUT2D eigenvalue weighted by atomic mass is 10.1. The smallest absolute Gasteiger partial charge is 0.341 e. The van der Waals surface area contributed by atoms with Crippen molar-refractivity contribution in [2.24, 2.45) is 0 Å². The molecule has 0 radical (unpaired) electrons. The zero-order valence-electron chi connectivity index (χ0n) is 11.0. The Morgan fingerprint density at radius 3 is 2.90 bits per heavy atom. The van der Waals surface area contributed by atoms with Gasteiger partial charge < -0.3 is 14.7 Å². The number of nitrogens with one attached hydrogen (secondary N) is 1. The van der Waals surface area contributed by atoms with E-state index in [9.17, 15) is 9.59 Å². The van der Waals surface area contributed by atoms with Crippen LogP contribution >= 0.6 is 11.3 Å². The van der Waals surface area contributed by atoms with Gasteiger partial charge >= 0.3 is 5.97 Å². The lowest BCUT2D eigenvalue weighted by Gasteiger charge is -2.04. The number of rotatable bonds is 3. The van der Waals surface area contributed by atoms with Crippen molar-refractivity contribution >= 4 is 17.3 Å². The van der Waals surface area contributed by atoms with Crippen LogP contribution < -0.4 is 5.56 Å². The first kappa shape index (κ1) is 13.3. The molecule has 0 fully saturated rings. The minimum atomic E-state index is -1.23. The first-order valence-electron chi connectivity index (χ1n) is 6.10. The number of carboxylic acids is 1. The lowest BCUT2D eigenvalue weighted by molar-refractivity contribution is 0.0695. The molecule has 0 saturated carbocycles. The van der Waals surface area contributed by atoms with Gasteiger partial charge in [-0.1, -0.05) is 0 Å². The van der Waals surface area contributed by atoms with E-state index in [2.05, 4.69) is 9.97 Å². The van der Waals surface area contributed by atoms with Gasteiger partial charge in [0.15, 0.2) is 0 Å². The van der Waals surface area contributed by atoms with E-state index in [4.69, 9.17) is 5.11 Å².